The number of hydrogen-bond donors (Lipinski definition) is 2. The summed E-state index contributed by atoms with van der Waals surface area (Å²) in [6, 6.07) is 16.8. The van der Waals surface area contributed by atoms with Crippen molar-refractivity contribution in [3.63, 3.8) is 0 Å². The number of benzene rings is 1. The van der Waals surface area contributed by atoms with Gasteiger partial charge in [-0.15, -0.1) is 0 Å². The van der Waals surface area contributed by atoms with Gasteiger partial charge in [-0.1, -0.05) is 39.8 Å². The number of aromatic nitrogens is 10. The van der Waals surface area contributed by atoms with E-state index in [2.05, 4.69) is 64.6 Å². The molecule has 1 aliphatic heterocycles. The van der Waals surface area contributed by atoms with Gasteiger partial charge in [0, 0.05) is 50.0 Å². The van der Waals surface area contributed by atoms with Crippen LogP contribution in [0.15, 0.2) is 67.3 Å². The van der Waals surface area contributed by atoms with Gasteiger partial charge in [0.2, 0.25) is 5.82 Å². The Balaban J connectivity index is 0.00000104. The van der Waals surface area contributed by atoms with Crippen molar-refractivity contribution >= 4 is 22.8 Å². The molecule has 6 heterocycles. The number of piperidine rings is 1. The minimum absolute atomic E-state index is 0.177. The van der Waals surface area contributed by atoms with E-state index < -0.39 is 0 Å². The van der Waals surface area contributed by atoms with Crippen LogP contribution < -0.4 is 11.1 Å². The molecule has 1 aromatic carbocycles. The maximum Gasteiger partial charge on any atom is 0.234 e. The zero-order valence-electron chi connectivity index (χ0n) is 28.9. The summed E-state index contributed by atoms with van der Waals surface area (Å²) >= 11 is 0. The molecule has 1 saturated heterocycles. The number of rotatable bonds is 8. The zero-order valence-corrected chi connectivity index (χ0v) is 28.9. The van der Waals surface area contributed by atoms with Crippen molar-refractivity contribution in [1.82, 2.24) is 54.4 Å². The highest BCUT2D eigenvalue weighted by Crippen LogP contribution is 2.34. The third-order valence-corrected chi connectivity index (χ3v) is 8.38. The molecule has 0 spiro atoms. The van der Waals surface area contributed by atoms with Crippen LogP contribution in [0.3, 0.4) is 0 Å². The Kier molecular flexibility index (Phi) is 10.6. The van der Waals surface area contributed by atoms with Gasteiger partial charge in [0.1, 0.15) is 28.8 Å². The lowest BCUT2D eigenvalue weighted by Crippen LogP contribution is -2.38. The van der Waals surface area contributed by atoms with E-state index in [-0.39, 0.29) is 5.82 Å². The lowest BCUT2D eigenvalue weighted by atomic mass is 10.0. The van der Waals surface area contributed by atoms with Crippen molar-refractivity contribution in [2.24, 2.45) is 0 Å². The molecule has 14 heteroatoms. The molecule has 5 aromatic heterocycles. The van der Waals surface area contributed by atoms with E-state index in [1.54, 1.807) is 35.7 Å². The van der Waals surface area contributed by atoms with Crippen LogP contribution in [0.4, 0.5) is 11.6 Å². The van der Waals surface area contributed by atoms with E-state index in [4.69, 9.17) is 21.0 Å². The average molecular weight is 671 g/mol. The van der Waals surface area contributed by atoms with E-state index in [9.17, 15) is 0 Å². The first-order valence-electron chi connectivity index (χ1n) is 17.3. The number of likely N-dealkylation sites (tertiary alicyclic amines) is 1. The van der Waals surface area contributed by atoms with E-state index in [0.717, 1.165) is 62.4 Å². The highest BCUT2D eigenvalue weighted by atomic mass is 15.5. The van der Waals surface area contributed by atoms with Crippen LogP contribution in [-0.4, -0.2) is 73.5 Å². The predicted molar refractivity (Wildman–Crippen MR) is 193 cm³/mol. The molecule has 2 aliphatic rings. The van der Waals surface area contributed by atoms with Gasteiger partial charge in [-0.05, 0) is 61.6 Å². The lowest BCUT2D eigenvalue weighted by molar-refractivity contribution is 0.211. The molecule has 0 amide bonds. The zero-order chi connectivity index (χ0) is 35.0. The van der Waals surface area contributed by atoms with Crippen LogP contribution in [0.25, 0.3) is 39.8 Å². The standard InChI is InChI=1S/C32H30N14.2C2H6/c33-17-28-35-12-9-27(42-28)39-21-10-15-44(16-11-21)19-20-1-3-22(4-2-20)45-31-25(41-32(45)29-30(34)37-14-13-36-29)8-7-24(40-31)26-18-38-46(43-26)23-5-6-23;2*1-2/h1-4,7-9,12-14,18,21,23H,5-6,10-11,15-16,19H2,(H2,34,37)(H,35,39,42);2*1-2H3. The summed E-state index contributed by atoms with van der Waals surface area (Å²) in [4.78, 5) is 31.1. The minimum atomic E-state index is 0.177. The summed E-state index contributed by atoms with van der Waals surface area (Å²) in [6.45, 7) is 10.7. The number of nitriles is 1. The molecule has 1 saturated carbocycles. The summed E-state index contributed by atoms with van der Waals surface area (Å²) in [7, 11) is 0. The molecular formula is C36H42N14. The molecule has 6 aromatic rings. The second kappa shape index (κ2) is 15.6. The molecule has 0 radical (unpaired) electrons. The summed E-state index contributed by atoms with van der Waals surface area (Å²) in [5.41, 5.74) is 11.7. The van der Waals surface area contributed by atoms with Crippen LogP contribution in [0.2, 0.25) is 0 Å². The monoisotopic (exact) mass is 670 g/mol. The molecule has 1 aliphatic carbocycles. The molecule has 0 bridgehead atoms. The molecule has 256 valence electrons. The third-order valence-electron chi connectivity index (χ3n) is 8.38. The fourth-order valence-corrected chi connectivity index (χ4v) is 5.85. The number of nitrogens with zero attached hydrogens (tertiary/aromatic N) is 12. The molecule has 0 unspecified atom stereocenters. The fourth-order valence-electron chi connectivity index (χ4n) is 5.85. The SMILES string of the molecule is CC.CC.N#Cc1nccc(NC2CCN(Cc3ccc(-n4c(-c5nccnc5N)nc5ccc(-c6cnn(C7CC7)n6)nc54)cc3)CC2)n1. The van der Waals surface area contributed by atoms with Gasteiger partial charge >= 0.3 is 0 Å². The molecule has 8 rings (SSSR count). The molecule has 50 heavy (non-hydrogen) atoms. The van der Waals surface area contributed by atoms with Crippen LogP contribution in [0.1, 0.15) is 70.8 Å². The van der Waals surface area contributed by atoms with Crippen LogP contribution in [-0.2, 0) is 6.54 Å². The predicted octanol–water partition coefficient (Wildman–Crippen LogP) is 5.84. The van der Waals surface area contributed by atoms with Gasteiger partial charge in [-0.2, -0.15) is 20.3 Å². The molecule has 2 fully saturated rings. The molecule has 14 nitrogen and oxygen atoms in total. The first-order valence-corrected chi connectivity index (χ1v) is 17.3. The molecule has 0 atom stereocenters. The maximum atomic E-state index is 9.08. The van der Waals surface area contributed by atoms with Crippen molar-refractivity contribution in [1.29, 1.82) is 5.26 Å². The van der Waals surface area contributed by atoms with Crippen LogP contribution in [0, 0.1) is 11.3 Å². The number of nitrogens with two attached hydrogens (primary N) is 1. The van der Waals surface area contributed by atoms with Gasteiger partial charge in [-0.3, -0.25) is 9.47 Å². The van der Waals surface area contributed by atoms with Crippen molar-refractivity contribution in [3.8, 4) is 34.7 Å². The number of nitrogens with one attached hydrogen (secondary N) is 1. The summed E-state index contributed by atoms with van der Waals surface area (Å²) in [5, 5.41) is 21.7. The number of hydrogen-bond acceptors (Lipinski definition) is 12. The van der Waals surface area contributed by atoms with Crippen LogP contribution >= 0.6 is 0 Å². The first kappa shape index (κ1) is 34.1. The van der Waals surface area contributed by atoms with Gasteiger partial charge in [0.05, 0.1) is 17.9 Å². The highest BCUT2D eigenvalue weighted by molar-refractivity contribution is 5.83. The van der Waals surface area contributed by atoms with E-state index in [1.165, 1.54) is 5.56 Å². The topological polar surface area (TPSA) is 178 Å². The number of pyridine rings is 1. The van der Waals surface area contributed by atoms with Crippen molar-refractivity contribution in [2.45, 2.75) is 72.0 Å². The number of fused-ring (bicyclic) bond motifs is 1. The lowest BCUT2D eigenvalue weighted by Gasteiger charge is -2.32. The Labute approximate surface area is 291 Å². The smallest absolute Gasteiger partial charge is 0.234 e. The Morgan fingerprint density at radius 3 is 2.32 bits per heavy atom. The second-order valence-electron chi connectivity index (χ2n) is 11.6. The molecule has 3 N–H and O–H groups in total. The Bertz CT molecular complexity index is 2070. The minimum Gasteiger partial charge on any atom is -0.382 e. The van der Waals surface area contributed by atoms with E-state index in [1.807, 2.05) is 50.5 Å². The van der Waals surface area contributed by atoms with Gasteiger partial charge in [0.15, 0.2) is 17.3 Å². The van der Waals surface area contributed by atoms with E-state index in [0.29, 0.717) is 46.4 Å². The summed E-state index contributed by atoms with van der Waals surface area (Å²) in [5.74, 6) is 1.74. The largest absolute Gasteiger partial charge is 0.382 e. The Morgan fingerprint density at radius 2 is 1.60 bits per heavy atom. The van der Waals surface area contributed by atoms with Gasteiger partial charge < -0.3 is 11.1 Å². The fraction of sp³-hybridized carbons (Fsp3) is 0.361. The Hall–Kier alpha value is -5.81. The summed E-state index contributed by atoms with van der Waals surface area (Å²) < 4.78 is 1.98. The number of anilines is 2. The van der Waals surface area contributed by atoms with E-state index >= 15 is 0 Å². The Morgan fingerprint density at radius 1 is 0.840 bits per heavy atom. The average Bonchev–Trinajstić information content (AvgIpc) is 3.78. The van der Waals surface area contributed by atoms with Gasteiger partial charge in [0.25, 0.3) is 0 Å². The van der Waals surface area contributed by atoms with Crippen molar-refractivity contribution in [3.05, 3.63) is 78.6 Å². The van der Waals surface area contributed by atoms with Gasteiger partial charge in [-0.25, -0.2) is 29.9 Å². The second-order valence-corrected chi connectivity index (χ2v) is 11.6. The highest BCUT2D eigenvalue weighted by Gasteiger charge is 2.26. The number of nitrogen functional groups attached to an aromatic ring is 1. The van der Waals surface area contributed by atoms with Crippen molar-refractivity contribution < 1.29 is 0 Å². The number of imidazole rings is 1. The maximum absolute atomic E-state index is 9.08. The first-order chi connectivity index (χ1) is 24.6. The quantitative estimate of drug-likeness (QED) is 0.198. The summed E-state index contributed by atoms with van der Waals surface area (Å²) in [6.07, 6.45) is 10.7. The third kappa shape index (κ3) is 7.42. The van der Waals surface area contributed by atoms with Crippen molar-refractivity contribution in [2.75, 3.05) is 24.1 Å². The normalized spacial score (nSPS) is 14.6. The molecular weight excluding hydrogens is 628 g/mol. The van der Waals surface area contributed by atoms with Crippen LogP contribution in [0.5, 0.6) is 0 Å².